The fourth-order valence-corrected chi connectivity index (χ4v) is 2.70. The second-order valence-electron chi connectivity index (χ2n) is 4.82. The molecule has 0 fully saturated rings. The van der Waals surface area contributed by atoms with E-state index in [0.717, 1.165) is 41.3 Å². The highest BCUT2D eigenvalue weighted by atomic mass is 32.1. The average molecular weight is 306 g/mol. The highest BCUT2D eigenvalue weighted by molar-refractivity contribution is 7.09. The summed E-state index contributed by atoms with van der Waals surface area (Å²) in [7, 11) is 1.70. The Morgan fingerprint density at radius 3 is 2.86 bits per heavy atom. The summed E-state index contributed by atoms with van der Waals surface area (Å²) in [4.78, 5) is 4.61. The second kappa shape index (κ2) is 8.00. The molecule has 0 atom stereocenters. The van der Waals surface area contributed by atoms with Crippen molar-refractivity contribution < 1.29 is 9.47 Å². The molecule has 114 valence electrons. The molecule has 0 aliphatic rings. The van der Waals surface area contributed by atoms with Gasteiger partial charge in [0, 0.05) is 24.5 Å². The number of nitrogens with two attached hydrogens (primary N) is 1. The van der Waals surface area contributed by atoms with Gasteiger partial charge in [0.1, 0.15) is 5.75 Å². The monoisotopic (exact) mass is 306 g/mol. The van der Waals surface area contributed by atoms with E-state index >= 15 is 0 Å². The SMILES string of the molecule is CCCCOc1ccc(-c2csc(CCOC)n2)cc1N. The van der Waals surface area contributed by atoms with Gasteiger partial charge in [-0.3, -0.25) is 0 Å². The molecule has 1 aromatic heterocycles. The van der Waals surface area contributed by atoms with Crippen LogP contribution in [-0.4, -0.2) is 25.3 Å². The topological polar surface area (TPSA) is 57.4 Å². The first-order valence-electron chi connectivity index (χ1n) is 7.20. The number of nitrogens with zero attached hydrogens (tertiary/aromatic N) is 1. The zero-order valence-corrected chi connectivity index (χ0v) is 13.4. The number of benzene rings is 1. The maximum atomic E-state index is 6.06. The van der Waals surface area contributed by atoms with Gasteiger partial charge in [-0.05, 0) is 24.6 Å². The standard InChI is InChI=1S/C16H22N2O2S/c1-3-4-8-20-15-6-5-12(10-13(15)17)14-11-21-16(18-14)7-9-19-2/h5-6,10-11H,3-4,7-9,17H2,1-2H3. The number of rotatable bonds is 8. The Hall–Kier alpha value is -1.59. The van der Waals surface area contributed by atoms with Gasteiger partial charge in [-0.15, -0.1) is 11.3 Å². The summed E-state index contributed by atoms with van der Waals surface area (Å²) < 4.78 is 10.7. The summed E-state index contributed by atoms with van der Waals surface area (Å²) in [6, 6.07) is 5.86. The molecule has 0 radical (unpaired) electrons. The van der Waals surface area contributed by atoms with E-state index in [4.69, 9.17) is 15.2 Å². The van der Waals surface area contributed by atoms with Crippen LogP contribution in [0, 0.1) is 0 Å². The number of thiazole rings is 1. The van der Waals surface area contributed by atoms with Gasteiger partial charge >= 0.3 is 0 Å². The summed E-state index contributed by atoms with van der Waals surface area (Å²) in [5, 5.41) is 3.13. The maximum Gasteiger partial charge on any atom is 0.142 e. The molecule has 1 heterocycles. The Kier molecular flexibility index (Phi) is 6.02. The van der Waals surface area contributed by atoms with Crippen molar-refractivity contribution in [1.29, 1.82) is 0 Å². The third-order valence-corrected chi connectivity index (χ3v) is 4.04. The van der Waals surface area contributed by atoms with Gasteiger partial charge in [0.25, 0.3) is 0 Å². The van der Waals surface area contributed by atoms with Crippen LogP contribution in [0.3, 0.4) is 0 Å². The van der Waals surface area contributed by atoms with Crippen molar-refractivity contribution in [2.45, 2.75) is 26.2 Å². The van der Waals surface area contributed by atoms with E-state index in [1.54, 1.807) is 18.4 Å². The number of methoxy groups -OCH3 is 1. The summed E-state index contributed by atoms with van der Waals surface area (Å²) in [6.45, 7) is 3.54. The van der Waals surface area contributed by atoms with E-state index < -0.39 is 0 Å². The molecule has 0 unspecified atom stereocenters. The fourth-order valence-electron chi connectivity index (χ4n) is 1.91. The molecule has 2 rings (SSSR count). The van der Waals surface area contributed by atoms with Crippen LogP contribution in [0.25, 0.3) is 11.3 Å². The average Bonchev–Trinajstić information content (AvgIpc) is 2.96. The largest absolute Gasteiger partial charge is 0.491 e. The molecule has 0 aliphatic carbocycles. The van der Waals surface area contributed by atoms with Crippen LogP contribution in [0.2, 0.25) is 0 Å². The molecule has 21 heavy (non-hydrogen) atoms. The fraction of sp³-hybridized carbons (Fsp3) is 0.438. The zero-order chi connectivity index (χ0) is 15.1. The molecule has 4 nitrogen and oxygen atoms in total. The third kappa shape index (κ3) is 4.44. The molecule has 0 spiro atoms. The van der Waals surface area contributed by atoms with E-state index in [0.29, 0.717) is 18.9 Å². The van der Waals surface area contributed by atoms with Crippen molar-refractivity contribution >= 4 is 17.0 Å². The summed E-state index contributed by atoms with van der Waals surface area (Å²) in [5.41, 5.74) is 8.70. The first kappa shape index (κ1) is 15.8. The Labute approximate surface area is 129 Å². The first-order chi connectivity index (χ1) is 10.2. The molecule has 2 N–H and O–H groups in total. The van der Waals surface area contributed by atoms with Crippen molar-refractivity contribution in [3.8, 4) is 17.0 Å². The minimum absolute atomic E-state index is 0.662. The molecule has 2 aromatic rings. The van der Waals surface area contributed by atoms with E-state index in [1.165, 1.54) is 0 Å². The lowest BCUT2D eigenvalue weighted by Crippen LogP contribution is -2.00. The molecule has 0 aliphatic heterocycles. The number of anilines is 1. The van der Waals surface area contributed by atoms with Gasteiger partial charge < -0.3 is 15.2 Å². The van der Waals surface area contributed by atoms with Crippen molar-refractivity contribution in [3.05, 3.63) is 28.6 Å². The van der Waals surface area contributed by atoms with Crippen LogP contribution in [0.15, 0.2) is 23.6 Å². The smallest absolute Gasteiger partial charge is 0.142 e. The second-order valence-corrected chi connectivity index (χ2v) is 5.77. The predicted octanol–water partition coefficient (Wildman–Crippen LogP) is 3.76. The Bertz CT molecular complexity index is 569. The first-order valence-corrected chi connectivity index (χ1v) is 8.08. The molecular formula is C16H22N2O2S. The number of unbranched alkanes of at least 4 members (excludes halogenated alkanes) is 1. The highest BCUT2D eigenvalue weighted by Crippen LogP contribution is 2.29. The minimum atomic E-state index is 0.662. The van der Waals surface area contributed by atoms with E-state index in [9.17, 15) is 0 Å². The van der Waals surface area contributed by atoms with Gasteiger partial charge in [-0.25, -0.2) is 4.98 Å². The van der Waals surface area contributed by atoms with Crippen molar-refractivity contribution in [1.82, 2.24) is 4.98 Å². The normalized spacial score (nSPS) is 10.8. The summed E-state index contributed by atoms with van der Waals surface area (Å²) >= 11 is 1.65. The quantitative estimate of drug-likeness (QED) is 0.596. The molecule has 0 saturated heterocycles. The van der Waals surface area contributed by atoms with Gasteiger partial charge in [-0.1, -0.05) is 13.3 Å². The number of hydrogen-bond acceptors (Lipinski definition) is 5. The highest BCUT2D eigenvalue weighted by Gasteiger charge is 2.07. The Balaban J connectivity index is 2.06. The lowest BCUT2D eigenvalue weighted by Gasteiger charge is -2.09. The molecule has 1 aromatic carbocycles. The van der Waals surface area contributed by atoms with Crippen LogP contribution in [0.4, 0.5) is 5.69 Å². The maximum absolute atomic E-state index is 6.06. The van der Waals surface area contributed by atoms with E-state index in [1.807, 2.05) is 18.2 Å². The van der Waals surface area contributed by atoms with Crippen molar-refractivity contribution in [2.75, 3.05) is 26.1 Å². The zero-order valence-electron chi connectivity index (χ0n) is 12.6. The predicted molar refractivity (Wildman–Crippen MR) is 87.9 cm³/mol. The van der Waals surface area contributed by atoms with Crippen LogP contribution < -0.4 is 10.5 Å². The van der Waals surface area contributed by atoms with E-state index in [-0.39, 0.29) is 0 Å². The molecular weight excluding hydrogens is 284 g/mol. The number of ether oxygens (including phenoxy) is 2. The van der Waals surface area contributed by atoms with Gasteiger partial charge in [0.2, 0.25) is 0 Å². The molecule has 0 amide bonds. The third-order valence-electron chi connectivity index (χ3n) is 3.13. The van der Waals surface area contributed by atoms with Crippen LogP contribution in [-0.2, 0) is 11.2 Å². The number of aromatic nitrogens is 1. The van der Waals surface area contributed by atoms with Crippen LogP contribution in [0.5, 0.6) is 5.75 Å². The lowest BCUT2D eigenvalue weighted by atomic mass is 10.1. The summed E-state index contributed by atoms with van der Waals surface area (Å²) in [6.07, 6.45) is 2.99. The van der Waals surface area contributed by atoms with Crippen molar-refractivity contribution in [3.63, 3.8) is 0 Å². The van der Waals surface area contributed by atoms with Gasteiger partial charge in [-0.2, -0.15) is 0 Å². The van der Waals surface area contributed by atoms with Crippen LogP contribution >= 0.6 is 11.3 Å². The lowest BCUT2D eigenvalue weighted by molar-refractivity contribution is 0.202. The Morgan fingerprint density at radius 1 is 1.29 bits per heavy atom. The minimum Gasteiger partial charge on any atom is -0.491 e. The van der Waals surface area contributed by atoms with Crippen molar-refractivity contribution in [2.24, 2.45) is 0 Å². The van der Waals surface area contributed by atoms with E-state index in [2.05, 4.69) is 17.3 Å². The van der Waals surface area contributed by atoms with Gasteiger partial charge in [0.05, 0.1) is 29.6 Å². The Morgan fingerprint density at radius 2 is 2.14 bits per heavy atom. The van der Waals surface area contributed by atoms with Crippen LogP contribution in [0.1, 0.15) is 24.8 Å². The summed E-state index contributed by atoms with van der Waals surface area (Å²) in [5.74, 6) is 0.752. The number of nitrogen functional groups attached to an aromatic ring is 1. The number of hydrogen-bond donors (Lipinski definition) is 1. The molecule has 5 heteroatoms. The van der Waals surface area contributed by atoms with Gasteiger partial charge in [0.15, 0.2) is 0 Å². The molecule has 0 saturated carbocycles. The molecule has 0 bridgehead atoms.